The Labute approximate surface area is 136 Å². The number of hydrogen-bond acceptors (Lipinski definition) is 9. The zero-order chi connectivity index (χ0) is 17.5. The van der Waals surface area contributed by atoms with Gasteiger partial charge in [-0.1, -0.05) is 5.16 Å². The van der Waals surface area contributed by atoms with Crippen LogP contribution in [-0.4, -0.2) is 28.1 Å². The monoisotopic (exact) mass is 336 g/mol. The standard InChI is InChI=1S/C14H16N4O6/c1-22-14(19)4-2-3-13-16-12(17-24-13)8-23-9-5-6-10(15)11(7-9)18(20)21/h5-7H,2-4,8,15H2,1H3. The van der Waals surface area contributed by atoms with Crippen LogP contribution in [0.2, 0.25) is 0 Å². The van der Waals surface area contributed by atoms with E-state index in [0.29, 0.717) is 24.6 Å². The molecular formula is C14H16N4O6. The Kier molecular flexibility index (Phi) is 5.66. The van der Waals surface area contributed by atoms with E-state index in [4.69, 9.17) is 15.0 Å². The Morgan fingerprint density at radius 2 is 2.25 bits per heavy atom. The van der Waals surface area contributed by atoms with E-state index >= 15 is 0 Å². The number of nitro groups is 1. The molecule has 0 bridgehead atoms. The van der Waals surface area contributed by atoms with Gasteiger partial charge in [0.1, 0.15) is 11.4 Å². The second-order valence-electron chi connectivity index (χ2n) is 4.80. The summed E-state index contributed by atoms with van der Waals surface area (Å²) in [6.07, 6.45) is 1.23. The zero-order valence-corrected chi connectivity index (χ0v) is 12.9. The summed E-state index contributed by atoms with van der Waals surface area (Å²) in [5, 5.41) is 14.6. The minimum absolute atomic E-state index is 0.0123. The molecule has 0 saturated heterocycles. The predicted molar refractivity (Wildman–Crippen MR) is 81.1 cm³/mol. The molecule has 10 nitrogen and oxygen atoms in total. The minimum atomic E-state index is -0.587. The smallest absolute Gasteiger partial charge is 0.305 e. The van der Waals surface area contributed by atoms with E-state index in [9.17, 15) is 14.9 Å². The Morgan fingerprint density at radius 3 is 2.96 bits per heavy atom. The van der Waals surface area contributed by atoms with Crippen LogP contribution in [0.5, 0.6) is 5.75 Å². The van der Waals surface area contributed by atoms with Crippen LogP contribution in [0.15, 0.2) is 22.7 Å². The summed E-state index contributed by atoms with van der Waals surface area (Å²) in [7, 11) is 1.33. The van der Waals surface area contributed by atoms with Crippen molar-refractivity contribution in [3.63, 3.8) is 0 Å². The number of nitrogens with two attached hydrogens (primary N) is 1. The van der Waals surface area contributed by atoms with Gasteiger partial charge < -0.3 is 19.7 Å². The van der Waals surface area contributed by atoms with Crippen molar-refractivity contribution in [3.8, 4) is 5.75 Å². The number of aryl methyl sites for hydroxylation is 1. The van der Waals surface area contributed by atoms with Gasteiger partial charge >= 0.3 is 5.97 Å². The molecule has 2 aromatic rings. The van der Waals surface area contributed by atoms with Gasteiger partial charge in [0.15, 0.2) is 6.61 Å². The van der Waals surface area contributed by atoms with E-state index < -0.39 is 4.92 Å². The molecule has 0 unspecified atom stereocenters. The highest BCUT2D eigenvalue weighted by Crippen LogP contribution is 2.26. The van der Waals surface area contributed by atoms with Crippen LogP contribution in [0, 0.1) is 10.1 Å². The molecule has 1 aromatic heterocycles. The third-order valence-electron chi connectivity index (χ3n) is 3.08. The number of ether oxygens (including phenoxy) is 2. The Hall–Kier alpha value is -3.17. The molecule has 0 amide bonds. The maximum absolute atomic E-state index is 11.0. The SMILES string of the molecule is COC(=O)CCCc1nc(COc2ccc(N)c([N+](=O)[O-])c2)no1. The lowest BCUT2D eigenvalue weighted by atomic mass is 10.2. The van der Waals surface area contributed by atoms with Crippen molar-refractivity contribution < 1.29 is 23.7 Å². The number of carbonyl (C=O) groups excluding carboxylic acids is 1. The third kappa shape index (κ3) is 4.66. The van der Waals surface area contributed by atoms with Crippen LogP contribution in [0.4, 0.5) is 11.4 Å². The van der Waals surface area contributed by atoms with Crippen LogP contribution in [-0.2, 0) is 22.6 Å². The highest BCUT2D eigenvalue weighted by Gasteiger charge is 2.13. The number of carbonyl (C=O) groups is 1. The number of hydrogen-bond donors (Lipinski definition) is 1. The lowest BCUT2D eigenvalue weighted by Gasteiger charge is -2.04. The lowest BCUT2D eigenvalue weighted by molar-refractivity contribution is -0.384. The van der Waals surface area contributed by atoms with Crippen LogP contribution < -0.4 is 10.5 Å². The van der Waals surface area contributed by atoms with Crippen molar-refractivity contribution in [3.05, 3.63) is 40.0 Å². The molecule has 0 saturated carbocycles. The summed E-state index contributed by atoms with van der Waals surface area (Å²) in [6, 6.07) is 4.13. The van der Waals surface area contributed by atoms with Gasteiger partial charge in [-0.05, 0) is 18.6 Å². The van der Waals surface area contributed by atoms with E-state index in [1.165, 1.54) is 25.3 Å². The fourth-order valence-electron chi connectivity index (χ4n) is 1.86. The molecule has 0 aliphatic heterocycles. The van der Waals surface area contributed by atoms with E-state index in [0.717, 1.165) is 0 Å². The van der Waals surface area contributed by atoms with E-state index in [-0.39, 0.29) is 36.1 Å². The van der Waals surface area contributed by atoms with Gasteiger partial charge in [0.25, 0.3) is 5.69 Å². The molecule has 128 valence electrons. The predicted octanol–water partition coefficient (Wildman–Crippen LogP) is 1.63. The molecule has 0 aliphatic carbocycles. The summed E-state index contributed by atoms with van der Waals surface area (Å²) in [4.78, 5) is 25.3. The summed E-state index contributed by atoms with van der Waals surface area (Å²) < 4.78 is 15.0. The molecule has 0 fully saturated rings. The lowest BCUT2D eigenvalue weighted by Crippen LogP contribution is -2.01. The first-order valence-electron chi connectivity index (χ1n) is 7.04. The van der Waals surface area contributed by atoms with Crippen molar-refractivity contribution in [2.24, 2.45) is 0 Å². The Morgan fingerprint density at radius 1 is 1.46 bits per heavy atom. The number of aromatic nitrogens is 2. The van der Waals surface area contributed by atoms with Crippen molar-refractivity contribution in [1.29, 1.82) is 0 Å². The van der Waals surface area contributed by atoms with Gasteiger partial charge in [-0.3, -0.25) is 14.9 Å². The molecule has 2 rings (SSSR count). The van der Waals surface area contributed by atoms with Gasteiger partial charge in [0, 0.05) is 12.8 Å². The van der Waals surface area contributed by atoms with E-state index in [2.05, 4.69) is 14.9 Å². The first-order chi connectivity index (χ1) is 11.5. The molecule has 0 spiro atoms. The normalized spacial score (nSPS) is 10.4. The first-order valence-corrected chi connectivity index (χ1v) is 7.04. The maximum atomic E-state index is 11.0. The summed E-state index contributed by atoms with van der Waals surface area (Å²) in [6.45, 7) is -0.0123. The maximum Gasteiger partial charge on any atom is 0.305 e. The van der Waals surface area contributed by atoms with Crippen LogP contribution in [0.1, 0.15) is 24.6 Å². The van der Waals surface area contributed by atoms with Crippen molar-refractivity contribution in [1.82, 2.24) is 10.1 Å². The fourth-order valence-corrected chi connectivity index (χ4v) is 1.86. The molecule has 1 aromatic carbocycles. The number of benzene rings is 1. The molecule has 0 aliphatic rings. The molecule has 0 radical (unpaired) electrons. The van der Waals surface area contributed by atoms with Gasteiger partial charge in [-0.2, -0.15) is 4.98 Å². The topological polar surface area (TPSA) is 144 Å². The number of nitrogens with zero attached hydrogens (tertiary/aromatic N) is 3. The van der Waals surface area contributed by atoms with Crippen molar-refractivity contribution >= 4 is 17.3 Å². The number of anilines is 1. The molecule has 1 heterocycles. The van der Waals surface area contributed by atoms with Gasteiger partial charge in [0.2, 0.25) is 11.7 Å². The molecular weight excluding hydrogens is 320 g/mol. The molecule has 0 atom stereocenters. The largest absolute Gasteiger partial charge is 0.485 e. The summed E-state index contributed by atoms with van der Waals surface area (Å²) in [5.41, 5.74) is 5.33. The molecule has 10 heteroatoms. The Bertz CT molecular complexity index is 730. The highest BCUT2D eigenvalue weighted by atomic mass is 16.6. The summed E-state index contributed by atoms with van der Waals surface area (Å²) in [5.74, 6) is 0.638. The number of methoxy groups -OCH3 is 1. The van der Waals surface area contributed by atoms with E-state index in [1.807, 2.05) is 0 Å². The van der Waals surface area contributed by atoms with Crippen LogP contribution in [0.25, 0.3) is 0 Å². The van der Waals surface area contributed by atoms with Crippen molar-refractivity contribution in [2.75, 3.05) is 12.8 Å². The average molecular weight is 336 g/mol. The number of esters is 1. The number of nitrogen functional groups attached to an aromatic ring is 1. The van der Waals surface area contributed by atoms with E-state index in [1.54, 1.807) is 0 Å². The van der Waals surface area contributed by atoms with Crippen molar-refractivity contribution in [2.45, 2.75) is 25.9 Å². The summed E-state index contributed by atoms with van der Waals surface area (Å²) >= 11 is 0. The molecule has 24 heavy (non-hydrogen) atoms. The second-order valence-corrected chi connectivity index (χ2v) is 4.80. The molecule has 2 N–H and O–H groups in total. The van der Waals surface area contributed by atoms with Crippen LogP contribution in [0.3, 0.4) is 0 Å². The second kappa shape index (κ2) is 7.90. The average Bonchev–Trinajstić information content (AvgIpc) is 3.01. The third-order valence-corrected chi connectivity index (χ3v) is 3.08. The number of rotatable bonds is 8. The van der Waals surface area contributed by atoms with Gasteiger partial charge in [-0.15, -0.1) is 0 Å². The Balaban J connectivity index is 1.88. The minimum Gasteiger partial charge on any atom is -0.485 e. The van der Waals surface area contributed by atoms with Gasteiger partial charge in [-0.25, -0.2) is 0 Å². The van der Waals surface area contributed by atoms with Crippen LogP contribution >= 0.6 is 0 Å². The fraction of sp³-hybridized carbons (Fsp3) is 0.357. The highest BCUT2D eigenvalue weighted by molar-refractivity contribution is 5.69. The zero-order valence-electron chi connectivity index (χ0n) is 12.9. The number of nitro benzene ring substituents is 1. The van der Waals surface area contributed by atoms with Gasteiger partial charge in [0.05, 0.1) is 18.1 Å². The quantitative estimate of drug-likeness (QED) is 0.329. The first kappa shape index (κ1) is 17.2.